The average Bonchev–Trinajstić information content (AvgIpc) is 2.68. The van der Waals surface area contributed by atoms with E-state index in [9.17, 15) is 9.59 Å². The summed E-state index contributed by atoms with van der Waals surface area (Å²) in [6.07, 6.45) is 0. The molecule has 2 aromatic rings. The van der Waals surface area contributed by atoms with Gasteiger partial charge in [-0.05, 0) is 61.6 Å². The van der Waals surface area contributed by atoms with Crippen LogP contribution in [0.4, 0.5) is 11.4 Å². The molecule has 0 aliphatic rings. The predicted octanol–water partition coefficient (Wildman–Crippen LogP) is 3.47. The largest absolute Gasteiger partial charge is 0.494 e. The van der Waals surface area contributed by atoms with E-state index in [-0.39, 0.29) is 16.2 Å². The first-order chi connectivity index (χ1) is 13.0. The number of hydrogen-bond donors (Lipinski definition) is 2. The molecule has 2 aromatic carbocycles. The molecule has 0 saturated carbocycles. The summed E-state index contributed by atoms with van der Waals surface area (Å²) in [5.74, 6) is -0.390. The van der Waals surface area contributed by atoms with E-state index in [4.69, 9.17) is 26.4 Å². The summed E-state index contributed by atoms with van der Waals surface area (Å²) in [6.45, 7) is 2.50. The van der Waals surface area contributed by atoms with Crippen molar-refractivity contribution in [3.05, 3.63) is 53.6 Å². The van der Waals surface area contributed by atoms with Gasteiger partial charge in [0.1, 0.15) is 5.75 Å². The minimum Gasteiger partial charge on any atom is -0.494 e. The molecular weight excluding hydrogens is 368 g/mol. The maximum Gasteiger partial charge on any atom is 0.337 e. The summed E-state index contributed by atoms with van der Waals surface area (Å²) in [5.41, 5.74) is 1.61. The fourth-order valence-corrected chi connectivity index (χ4v) is 2.50. The molecule has 0 heterocycles. The third-order valence-corrected chi connectivity index (χ3v) is 3.66. The van der Waals surface area contributed by atoms with Crippen LogP contribution in [-0.4, -0.2) is 37.9 Å². The van der Waals surface area contributed by atoms with Crippen LogP contribution in [-0.2, 0) is 9.47 Å². The Bertz CT molecular complexity index is 802. The standard InChI is InChI=1S/C19H20N2O5S/c1-4-26-16-7-5-14(6-8-16)20-19(27)21-15-10-12(17(22)24-2)9-13(11-15)18(23)25-3/h5-11H,4H2,1-3H3,(H2,20,21,27). The van der Waals surface area contributed by atoms with E-state index in [0.29, 0.717) is 12.3 Å². The van der Waals surface area contributed by atoms with Crippen molar-refractivity contribution in [3.63, 3.8) is 0 Å². The van der Waals surface area contributed by atoms with Gasteiger partial charge in [0.25, 0.3) is 0 Å². The van der Waals surface area contributed by atoms with Gasteiger partial charge in [0, 0.05) is 11.4 Å². The van der Waals surface area contributed by atoms with Crippen molar-refractivity contribution in [2.24, 2.45) is 0 Å². The van der Waals surface area contributed by atoms with Gasteiger partial charge in [0.2, 0.25) is 0 Å². The number of carbonyl (C=O) groups excluding carboxylic acids is 2. The fourth-order valence-electron chi connectivity index (χ4n) is 2.27. The molecule has 0 fully saturated rings. The van der Waals surface area contributed by atoms with E-state index in [2.05, 4.69) is 10.6 Å². The molecule has 2 rings (SSSR count). The van der Waals surface area contributed by atoms with Gasteiger partial charge in [0.15, 0.2) is 5.11 Å². The van der Waals surface area contributed by atoms with Crippen LogP contribution in [0, 0.1) is 0 Å². The molecule has 142 valence electrons. The number of thiocarbonyl (C=S) groups is 1. The number of anilines is 2. The average molecular weight is 388 g/mol. The van der Waals surface area contributed by atoms with Crippen LogP contribution in [0.3, 0.4) is 0 Å². The second kappa shape index (κ2) is 9.54. The number of ether oxygens (including phenoxy) is 3. The van der Waals surface area contributed by atoms with Crippen LogP contribution < -0.4 is 15.4 Å². The van der Waals surface area contributed by atoms with Gasteiger partial charge in [-0.25, -0.2) is 9.59 Å². The molecule has 0 spiro atoms. The Labute approximate surface area is 162 Å². The number of nitrogens with one attached hydrogen (secondary N) is 2. The minimum atomic E-state index is -0.575. The molecule has 27 heavy (non-hydrogen) atoms. The number of methoxy groups -OCH3 is 2. The molecule has 0 aromatic heterocycles. The number of hydrogen-bond acceptors (Lipinski definition) is 6. The second-order valence-electron chi connectivity index (χ2n) is 5.32. The fraction of sp³-hybridized carbons (Fsp3) is 0.211. The quantitative estimate of drug-likeness (QED) is 0.575. The van der Waals surface area contributed by atoms with E-state index in [1.165, 1.54) is 32.4 Å². The number of benzene rings is 2. The Morgan fingerprint density at radius 2 is 1.41 bits per heavy atom. The van der Waals surface area contributed by atoms with Crippen molar-refractivity contribution in [2.45, 2.75) is 6.92 Å². The smallest absolute Gasteiger partial charge is 0.337 e. The van der Waals surface area contributed by atoms with Gasteiger partial charge in [-0.15, -0.1) is 0 Å². The van der Waals surface area contributed by atoms with E-state index in [0.717, 1.165) is 11.4 Å². The Balaban J connectivity index is 2.15. The lowest BCUT2D eigenvalue weighted by atomic mass is 10.1. The SMILES string of the molecule is CCOc1ccc(NC(=S)Nc2cc(C(=O)OC)cc(C(=O)OC)c2)cc1. The first-order valence-corrected chi connectivity index (χ1v) is 8.50. The van der Waals surface area contributed by atoms with E-state index in [1.54, 1.807) is 0 Å². The Kier molecular flexibility index (Phi) is 7.13. The first-order valence-electron chi connectivity index (χ1n) is 8.09. The minimum absolute atomic E-state index is 0.201. The molecule has 2 N–H and O–H groups in total. The molecular formula is C19H20N2O5S. The van der Waals surface area contributed by atoms with Crippen LogP contribution in [0.5, 0.6) is 5.75 Å². The molecule has 0 saturated heterocycles. The van der Waals surface area contributed by atoms with Crippen LogP contribution in [0.2, 0.25) is 0 Å². The lowest BCUT2D eigenvalue weighted by Gasteiger charge is -2.13. The summed E-state index contributed by atoms with van der Waals surface area (Å²) in [7, 11) is 2.52. The highest BCUT2D eigenvalue weighted by Crippen LogP contribution is 2.19. The molecule has 8 heteroatoms. The van der Waals surface area contributed by atoms with Crippen molar-refractivity contribution in [2.75, 3.05) is 31.5 Å². The van der Waals surface area contributed by atoms with E-state index >= 15 is 0 Å². The Morgan fingerprint density at radius 3 is 1.89 bits per heavy atom. The Hall–Kier alpha value is -3.13. The van der Waals surface area contributed by atoms with Crippen molar-refractivity contribution in [1.82, 2.24) is 0 Å². The summed E-state index contributed by atoms with van der Waals surface area (Å²) >= 11 is 5.29. The third kappa shape index (κ3) is 5.68. The van der Waals surface area contributed by atoms with Gasteiger partial charge in [-0.2, -0.15) is 0 Å². The summed E-state index contributed by atoms with van der Waals surface area (Å²) in [4.78, 5) is 23.7. The Morgan fingerprint density at radius 1 is 0.889 bits per heavy atom. The first kappa shape index (κ1) is 20.2. The van der Waals surface area contributed by atoms with Crippen molar-refractivity contribution < 1.29 is 23.8 Å². The maximum atomic E-state index is 11.8. The van der Waals surface area contributed by atoms with Crippen LogP contribution in [0.25, 0.3) is 0 Å². The molecule has 7 nitrogen and oxygen atoms in total. The normalized spacial score (nSPS) is 9.89. The van der Waals surface area contributed by atoms with Crippen molar-refractivity contribution in [3.8, 4) is 5.75 Å². The molecule has 0 unspecified atom stereocenters. The van der Waals surface area contributed by atoms with Gasteiger partial charge in [0.05, 0.1) is 32.0 Å². The maximum absolute atomic E-state index is 11.8. The molecule has 0 aliphatic heterocycles. The van der Waals surface area contributed by atoms with Gasteiger partial charge < -0.3 is 24.8 Å². The zero-order valence-electron chi connectivity index (χ0n) is 15.2. The lowest BCUT2D eigenvalue weighted by Crippen LogP contribution is -2.20. The lowest BCUT2D eigenvalue weighted by molar-refractivity contribution is 0.0599. The molecule has 0 amide bonds. The summed E-state index contributed by atoms with van der Waals surface area (Å²) in [6, 6.07) is 11.7. The predicted molar refractivity (Wildman–Crippen MR) is 107 cm³/mol. The van der Waals surface area contributed by atoms with Gasteiger partial charge in [-0.3, -0.25) is 0 Å². The summed E-state index contributed by atoms with van der Waals surface area (Å²) < 4.78 is 14.8. The number of carbonyl (C=O) groups is 2. The zero-order valence-corrected chi connectivity index (χ0v) is 16.0. The van der Waals surface area contributed by atoms with Gasteiger partial charge in [-0.1, -0.05) is 0 Å². The van der Waals surface area contributed by atoms with Gasteiger partial charge >= 0.3 is 11.9 Å². The third-order valence-electron chi connectivity index (χ3n) is 3.46. The van der Waals surface area contributed by atoms with E-state index in [1.807, 2.05) is 31.2 Å². The second-order valence-corrected chi connectivity index (χ2v) is 5.73. The van der Waals surface area contributed by atoms with E-state index < -0.39 is 11.9 Å². The topological polar surface area (TPSA) is 85.9 Å². The van der Waals surface area contributed by atoms with Crippen LogP contribution in [0.15, 0.2) is 42.5 Å². The van der Waals surface area contributed by atoms with Crippen molar-refractivity contribution in [1.29, 1.82) is 0 Å². The molecule has 0 atom stereocenters. The number of rotatable bonds is 6. The highest BCUT2D eigenvalue weighted by atomic mass is 32.1. The molecule has 0 bridgehead atoms. The number of esters is 2. The van der Waals surface area contributed by atoms with Crippen LogP contribution in [0.1, 0.15) is 27.6 Å². The van der Waals surface area contributed by atoms with Crippen molar-refractivity contribution >= 4 is 40.6 Å². The zero-order chi connectivity index (χ0) is 19.8. The molecule has 0 aliphatic carbocycles. The van der Waals surface area contributed by atoms with Crippen LogP contribution >= 0.6 is 12.2 Å². The highest BCUT2D eigenvalue weighted by Gasteiger charge is 2.14. The summed E-state index contributed by atoms with van der Waals surface area (Å²) in [5, 5.41) is 6.25. The highest BCUT2D eigenvalue weighted by molar-refractivity contribution is 7.80. The molecule has 0 radical (unpaired) electrons. The monoisotopic (exact) mass is 388 g/mol.